The monoisotopic (exact) mass is 139 g/mol. The Bertz CT molecular complexity index is 280. The average Bonchev–Trinajstić information content (AvgIpc) is 2.13. The highest BCUT2D eigenvalue weighted by Crippen LogP contribution is 1.95. The molecule has 10 heavy (non-hydrogen) atoms. The molecule has 0 aliphatic carbocycles. The Morgan fingerprint density at radius 1 is 1.90 bits per heavy atom. The molecular formula is C4H7N6+. The number of rotatable bonds is 1. The molecule has 0 aliphatic heterocycles. The van der Waals surface area contributed by atoms with E-state index in [-0.39, 0.29) is 0 Å². The van der Waals surface area contributed by atoms with Gasteiger partial charge >= 0.3 is 5.95 Å². The van der Waals surface area contributed by atoms with Gasteiger partial charge in [0.2, 0.25) is 0 Å². The molecule has 0 saturated heterocycles. The van der Waals surface area contributed by atoms with Gasteiger partial charge in [-0.25, -0.2) is 0 Å². The van der Waals surface area contributed by atoms with E-state index in [1.54, 1.807) is 29.7 Å². The molecule has 0 spiro atoms. The van der Waals surface area contributed by atoms with Crippen LogP contribution in [0.15, 0.2) is 11.4 Å². The summed E-state index contributed by atoms with van der Waals surface area (Å²) in [7, 11) is 3.52. The molecule has 1 aromatic rings. The van der Waals surface area contributed by atoms with Gasteiger partial charge in [-0.15, -0.1) is 0 Å². The van der Waals surface area contributed by atoms with Crippen LogP contribution < -0.4 is 4.57 Å². The largest absolute Gasteiger partial charge is 0.328 e. The summed E-state index contributed by atoms with van der Waals surface area (Å²) in [6, 6.07) is 0. The molecule has 0 aliphatic rings. The van der Waals surface area contributed by atoms with Crippen molar-refractivity contribution in [3.8, 4) is 0 Å². The summed E-state index contributed by atoms with van der Waals surface area (Å²) in [6.45, 7) is 0. The van der Waals surface area contributed by atoms with Crippen LogP contribution in [0.2, 0.25) is 0 Å². The fourth-order valence-corrected chi connectivity index (χ4v) is 0.670. The van der Waals surface area contributed by atoms with Gasteiger partial charge in [0.25, 0.3) is 0 Å². The Kier molecular flexibility index (Phi) is 1.55. The van der Waals surface area contributed by atoms with Crippen LogP contribution in [0.3, 0.4) is 0 Å². The Labute approximate surface area is 57.3 Å². The first-order chi connectivity index (χ1) is 4.74. The molecule has 0 unspecified atom stereocenters. The Balaban J connectivity index is 3.14. The van der Waals surface area contributed by atoms with Crippen molar-refractivity contribution >= 4 is 5.95 Å². The number of nitrogens with zero attached hydrogens (tertiary/aromatic N) is 6. The molecule has 1 aromatic heterocycles. The van der Waals surface area contributed by atoms with Gasteiger partial charge < -0.3 is 0 Å². The smallest absolute Gasteiger partial charge is 0.253 e. The molecule has 52 valence electrons. The van der Waals surface area contributed by atoms with Gasteiger partial charge in [0.1, 0.15) is 0 Å². The predicted octanol–water partition coefficient (Wildman–Crippen LogP) is 0.186. The van der Waals surface area contributed by atoms with Gasteiger partial charge in [-0.3, -0.25) is 4.57 Å². The molecule has 0 atom stereocenters. The molecule has 0 N–H and O–H groups in total. The summed E-state index contributed by atoms with van der Waals surface area (Å²) in [5.41, 5.74) is 8.05. The van der Waals surface area contributed by atoms with E-state index in [4.69, 9.17) is 5.53 Å². The van der Waals surface area contributed by atoms with Crippen LogP contribution in [-0.4, -0.2) is 9.78 Å². The second-order valence-electron chi connectivity index (χ2n) is 1.89. The third-order valence-corrected chi connectivity index (χ3v) is 1.04. The lowest BCUT2D eigenvalue weighted by atomic mass is 11.0. The van der Waals surface area contributed by atoms with Crippen LogP contribution in [-0.2, 0) is 14.1 Å². The van der Waals surface area contributed by atoms with Gasteiger partial charge in [-0.1, -0.05) is 0 Å². The van der Waals surface area contributed by atoms with Crippen LogP contribution in [0, 0.1) is 0 Å². The zero-order valence-electron chi connectivity index (χ0n) is 5.76. The van der Waals surface area contributed by atoms with Crippen molar-refractivity contribution in [2.24, 2.45) is 19.2 Å². The lowest BCUT2D eigenvalue weighted by molar-refractivity contribution is -0.659. The first-order valence-corrected chi connectivity index (χ1v) is 2.68. The molecule has 0 fully saturated rings. The van der Waals surface area contributed by atoms with E-state index in [0.29, 0.717) is 5.95 Å². The lowest BCUT2D eigenvalue weighted by Gasteiger charge is -1.78. The number of azide groups is 1. The van der Waals surface area contributed by atoms with Crippen molar-refractivity contribution in [2.75, 3.05) is 0 Å². The van der Waals surface area contributed by atoms with Crippen LogP contribution in [0.1, 0.15) is 0 Å². The molecule has 1 heterocycles. The summed E-state index contributed by atoms with van der Waals surface area (Å²) in [5.74, 6) is 0.366. The molecule has 0 amide bonds. The van der Waals surface area contributed by atoms with Crippen molar-refractivity contribution in [1.29, 1.82) is 0 Å². The van der Waals surface area contributed by atoms with Crippen LogP contribution >= 0.6 is 0 Å². The van der Waals surface area contributed by atoms with Crippen LogP contribution in [0.4, 0.5) is 5.95 Å². The zero-order valence-corrected chi connectivity index (χ0v) is 5.76. The summed E-state index contributed by atoms with van der Waals surface area (Å²) >= 11 is 0. The maximum absolute atomic E-state index is 8.05. The molecule has 6 heteroatoms. The standard InChI is InChI=1S/C4H7N6/c1-9-3-10(2)7-4(9)6-8-5/h3H,1-2H3/q+1. The first-order valence-electron chi connectivity index (χ1n) is 2.68. The van der Waals surface area contributed by atoms with Gasteiger partial charge in [0.05, 0.1) is 7.05 Å². The molecule has 1 rings (SSSR count). The summed E-state index contributed by atoms with van der Waals surface area (Å²) in [6.07, 6.45) is 1.71. The van der Waals surface area contributed by atoms with Crippen molar-refractivity contribution < 1.29 is 4.57 Å². The van der Waals surface area contributed by atoms with Crippen molar-refractivity contribution in [3.05, 3.63) is 16.8 Å². The quantitative estimate of drug-likeness (QED) is 0.237. The third kappa shape index (κ3) is 1.06. The van der Waals surface area contributed by atoms with E-state index in [0.717, 1.165) is 0 Å². The summed E-state index contributed by atoms with van der Waals surface area (Å²) in [4.78, 5) is 2.61. The van der Waals surface area contributed by atoms with E-state index in [2.05, 4.69) is 15.1 Å². The van der Waals surface area contributed by atoms with E-state index < -0.39 is 0 Å². The molecular weight excluding hydrogens is 132 g/mol. The lowest BCUT2D eigenvalue weighted by Crippen LogP contribution is -2.24. The maximum Gasteiger partial charge on any atom is 0.328 e. The predicted molar refractivity (Wildman–Crippen MR) is 33.2 cm³/mol. The molecule has 0 bridgehead atoms. The molecule has 0 saturated carbocycles. The highest BCUT2D eigenvalue weighted by atomic mass is 15.4. The fraction of sp³-hybridized carbons (Fsp3) is 0.500. The molecule has 0 aromatic carbocycles. The SMILES string of the molecule is Cn1c[n+](C)c(N=[N+]=[N-])n1. The summed E-state index contributed by atoms with van der Waals surface area (Å²) < 4.78 is 3.21. The second kappa shape index (κ2) is 2.36. The highest BCUT2D eigenvalue weighted by Gasteiger charge is 2.03. The minimum atomic E-state index is 0.366. The van der Waals surface area contributed by atoms with Gasteiger partial charge in [-0.05, 0) is 10.6 Å². The average molecular weight is 139 g/mol. The number of hydrogen-bond donors (Lipinski definition) is 0. The van der Waals surface area contributed by atoms with Gasteiger partial charge in [0.15, 0.2) is 6.33 Å². The third-order valence-electron chi connectivity index (χ3n) is 1.04. The Hall–Kier alpha value is -1.55. The number of aryl methyl sites for hydroxylation is 2. The topological polar surface area (TPSA) is 70.5 Å². The van der Waals surface area contributed by atoms with Gasteiger partial charge in [-0.2, -0.15) is 4.68 Å². The highest BCUT2D eigenvalue weighted by molar-refractivity contribution is 4.99. The normalized spacial score (nSPS) is 9.00. The van der Waals surface area contributed by atoms with Crippen molar-refractivity contribution in [3.63, 3.8) is 0 Å². The zero-order chi connectivity index (χ0) is 7.56. The van der Waals surface area contributed by atoms with Crippen molar-refractivity contribution in [2.45, 2.75) is 0 Å². The first kappa shape index (κ1) is 6.57. The van der Waals surface area contributed by atoms with E-state index in [1.165, 1.54) is 0 Å². The van der Waals surface area contributed by atoms with E-state index in [9.17, 15) is 0 Å². The van der Waals surface area contributed by atoms with Gasteiger partial charge in [0, 0.05) is 17.1 Å². The van der Waals surface area contributed by atoms with Crippen LogP contribution in [0.25, 0.3) is 10.4 Å². The van der Waals surface area contributed by atoms with Crippen LogP contribution in [0.5, 0.6) is 0 Å². The minimum absolute atomic E-state index is 0.366. The molecule has 0 radical (unpaired) electrons. The fourth-order valence-electron chi connectivity index (χ4n) is 0.670. The summed E-state index contributed by atoms with van der Waals surface area (Å²) in [5, 5.41) is 7.20. The Morgan fingerprint density at radius 3 is 3.00 bits per heavy atom. The molecule has 6 nitrogen and oxygen atoms in total. The van der Waals surface area contributed by atoms with Crippen molar-refractivity contribution in [1.82, 2.24) is 9.78 Å². The van der Waals surface area contributed by atoms with E-state index >= 15 is 0 Å². The second-order valence-corrected chi connectivity index (χ2v) is 1.89. The number of aromatic nitrogens is 3. The Morgan fingerprint density at radius 2 is 2.60 bits per heavy atom. The minimum Gasteiger partial charge on any atom is -0.253 e. The number of hydrogen-bond acceptors (Lipinski definition) is 2. The maximum atomic E-state index is 8.05. The van der Waals surface area contributed by atoms with E-state index in [1.807, 2.05) is 0 Å².